The molecule has 1 N–H and O–H groups in total. The number of pyridine rings is 1. The normalized spacial score (nSPS) is 19.3. The van der Waals surface area contributed by atoms with Gasteiger partial charge in [-0.2, -0.15) is 0 Å². The Bertz CT molecular complexity index is 784. The van der Waals surface area contributed by atoms with Gasteiger partial charge < -0.3 is 19.4 Å². The molecule has 1 saturated carbocycles. The molecular weight excluding hydrogens is 346 g/mol. The monoisotopic (exact) mass is 369 g/mol. The van der Waals surface area contributed by atoms with Crippen molar-refractivity contribution in [2.24, 2.45) is 11.8 Å². The topological polar surface area (TPSA) is 84.7 Å². The smallest absolute Gasteiger partial charge is 0.225 e. The van der Waals surface area contributed by atoms with Gasteiger partial charge in [-0.3, -0.25) is 9.59 Å². The van der Waals surface area contributed by atoms with E-state index in [0.29, 0.717) is 31.4 Å². The van der Waals surface area contributed by atoms with Crippen LogP contribution < -0.4 is 10.1 Å². The Morgan fingerprint density at radius 1 is 1.33 bits per heavy atom. The maximum Gasteiger partial charge on any atom is 0.225 e. The van der Waals surface area contributed by atoms with Gasteiger partial charge >= 0.3 is 0 Å². The van der Waals surface area contributed by atoms with Crippen molar-refractivity contribution in [2.75, 3.05) is 13.2 Å². The van der Waals surface area contributed by atoms with Crippen LogP contribution in [0.3, 0.4) is 0 Å². The standard InChI is InChI=1S/C20H23N3O4/c24-19-8-16(11-23(19)12-17-2-1-7-26-17)20(25)22-10-15-5-6-18(21-9-15)27-13-14-3-4-14/h1-2,5-7,9,14,16H,3-4,8,10-13H2,(H,22,25)/t16-/m0/s1. The number of nitrogens with one attached hydrogen (secondary N) is 1. The number of carbonyl (C=O) groups is 2. The number of hydrogen-bond donors (Lipinski definition) is 1. The molecule has 142 valence electrons. The first-order valence-corrected chi connectivity index (χ1v) is 9.33. The molecule has 7 nitrogen and oxygen atoms in total. The number of likely N-dealkylation sites (tertiary alicyclic amines) is 1. The van der Waals surface area contributed by atoms with Crippen LogP contribution in [0.1, 0.15) is 30.6 Å². The second kappa shape index (κ2) is 7.82. The second-order valence-electron chi connectivity index (χ2n) is 7.23. The average Bonchev–Trinajstić information content (AvgIpc) is 3.24. The van der Waals surface area contributed by atoms with Gasteiger partial charge in [0.2, 0.25) is 17.7 Å². The van der Waals surface area contributed by atoms with Crippen molar-refractivity contribution in [3.05, 3.63) is 48.0 Å². The molecule has 2 aromatic heterocycles. The Morgan fingerprint density at radius 2 is 2.22 bits per heavy atom. The molecule has 0 spiro atoms. The summed E-state index contributed by atoms with van der Waals surface area (Å²) in [6.45, 7) is 1.93. The molecule has 2 aliphatic rings. The fraction of sp³-hybridized carbons (Fsp3) is 0.450. The molecule has 4 rings (SSSR count). The minimum absolute atomic E-state index is 0.0228. The SMILES string of the molecule is O=C(NCc1ccc(OCC2CC2)nc1)[C@H]1CC(=O)N(Cc2ccco2)C1. The van der Waals surface area contributed by atoms with E-state index in [2.05, 4.69) is 10.3 Å². The number of aromatic nitrogens is 1. The highest BCUT2D eigenvalue weighted by atomic mass is 16.5. The Kier molecular flexibility index (Phi) is 5.09. The zero-order valence-electron chi connectivity index (χ0n) is 15.1. The lowest BCUT2D eigenvalue weighted by molar-refractivity contribution is -0.129. The second-order valence-corrected chi connectivity index (χ2v) is 7.23. The quantitative estimate of drug-likeness (QED) is 0.771. The third-order valence-electron chi connectivity index (χ3n) is 4.94. The summed E-state index contributed by atoms with van der Waals surface area (Å²) in [6.07, 6.45) is 6.01. The van der Waals surface area contributed by atoms with E-state index in [4.69, 9.17) is 9.15 Å². The molecule has 3 heterocycles. The maximum absolute atomic E-state index is 12.4. The number of furan rings is 1. The van der Waals surface area contributed by atoms with E-state index in [1.807, 2.05) is 18.2 Å². The highest BCUT2D eigenvalue weighted by molar-refractivity contribution is 5.89. The molecular formula is C20H23N3O4. The summed E-state index contributed by atoms with van der Waals surface area (Å²) < 4.78 is 10.9. The molecule has 27 heavy (non-hydrogen) atoms. The van der Waals surface area contributed by atoms with Gasteiger partial charge in [-0.15, -0.1) is 0 Å². The Balaban J connectivity index is 1.23. The van der Waals surface area contributed by atoms with Crippen LogP contribution in [0, 0.1) is 11.8 Å². The van der Waals surface area contributed by atoms with Gasteiger partial charge in [0.15, 0.2) is 0 Å². The first-order chi connectivity index (χ1) is 13.2. The summed E-state index contributed by atoms with van der Waals surface area (Å²) in [6, 6.07) is 7.34. The fourth-order valence-corrected chi connectivity index (χ4v) is 3.11. The van der Waals surface area contributed by atoms with E-state index in [1.54, 1.807) is 23.4 Å². The summed E-state index contributed by atoms with van der Waals surface area (Å²) >= 11 is 0. The van der Waals surface area contributed by atoms with E-state index < -0.39 is 0 Å². The van der Waals surface area contributed by atoms with Crippen LogP contribution in [0.4, 0.5) is 0 Å². The van der Waals surface area contributed by atoms with Crippen LogP contribution in [0.5, 0.6) is 5.88 Å². The summed E-state index contributed by atoms with van der Waals surface area (Å²) in [7, 11) is 0. The molecule has 1 aliphatic heterocycles. The molecule has 0 unspecified atom stereocenters. The molecule has 2 fully saturated rings. The Hall–Kier alpha value is -2.83. The van der Waals surface area contributed by atoms with Gasteiger partial charge in [-0.05, 0) is 36.5 Å². The lowest BCUT2D eigenvalue weighted by Crippen LogP contribution is -2.32. The average molecular weight is 369 g/mol. The number of carbonyl (C=O) groups excluding carboxylic acids is 2. The van der Waals surface area contributed by atoms with Crippen LogP contribution in [0.2, 0.25) is 0 Å². The Morgan fingerprint density at radius 3 is 2.93 bits per heavy atom. The van der Waals surface area contributed by atoms with E-state index in [1.165, 1.54) is 12.8 Å². The van der Waals surface area contributed by atoms with Crippen LogP contribution >= 0.6 is 0 Å². The van der Waals surface area contributed by atoms with E-state index in [9.17, 15) is 9.59 Å². The number of amides is 2. The van der Waals surface area contributed by atoms with Crippen molar-refractivity contribution in [1.82, 2.24) is 15.2 Å². The van der Waals surface area contributed by atoms with Gasteiger partial charge in [0.1, 0.15) is 5.76 Å². The third-order valence-corrected chi connectivity index (χ3v) is 4.94. The van der Waals surface area contributed by atoms with Crippen LogP contribution in [0.25, 0.3) is 0 Å². The van der Waals surface area contributed by atoms with Gasteiger partial charge in [-0.1, -0.05) is 6.07 Å². The molecule has 0 aromatic carbocycles. The van der Waals surface area contributed by atoms with Crippen molar-refractivity contribution >= 4 is 11.8 Å². The summed E-state index contributed by atoms with van der Waals surface area (Å²) in [5, 5.41) is 2.90. The fourth-order valence-electron chi connectivity index (χ4n) is 3.11. The lowest BCUT2D eigenvalue weighted by Gasteiger charge is -2.15. The summed E-state index contributed by atoms with van der Waals surface area (Å²) in [5.41, 5.74) is 0.902. The summed E-state index contributed by atoms with van der Waals surface area (Å²) in [5.74, 6) is 1.56. The van der Waals surface area contributed by atoms with Gasteiger partial charge in [0.05, 0.1) is 25.3 Å². The Labute approximate surface area is 157 Å². The molecule has 1 saturated heterocycles. The van der Waals surface area contributed by atoms with Crippen LogP contribution in [0.15, 0.2) is 41.1 Å². The number of ether oxygens (including phenoxy) is 1. The molecule has 1 aliphatic carbocycles. The largest absolute Gasteiger partial charge is 0.477 e. The predicted octanol–water partition coefficient (Wildman–Crippen LogP) is 2.13. The maximum atomic E-state index is 12.4. The van der Waals surface area contributed by atoms with Crippen molar-refractivity contribution in [1.29, 1.82) is 0 Å². The van der Waals surface area contributed by atoms with Crippen molar-refractivity contribution in [2.45, 2.75) is 32.4 Å². The first kappa shape index (κ1) is 17.6. The predicted molar refractivity (Wildman–Crippen MR) is 96.5 cm³/mol. The minimum atomic E-state index is -0.332. The number of rotatable bonds is 8. The van der Waals surface area contributed by atoms with Crippen molar-refractivity contribution in [3.8, 4) is 5.88 Å². The van der Waals surface area contributed by atoms with Crippen LogP contribution in [-0.2, 0) is 22.7 Å². The molecule has 0 radical (unpaired) electrons. The number of hydrogen-bond acceptors (Lipinski definition) is 5. The van der Waals surface area contributed by atoms with Crippen molar-refractivity contribution < 1.29 is 18.7 Å². The number of nitrogens with zero attached hydrogens (tertiary/aromatic N) is 2. The van der Waals surface area contributed by atoms with Crippen molar-refractivity contribution in [3.63, 3.8) is 0 Å². The molecule has 0 bridgehead atoms. The van der Waals surface area contributed by atoms with Crippen LogP contribution in [-0.4, -0.2) is 34.8 Å². The molecule has 1 atom stereocenters. The zero-order valence-corrected chi connectivity index (χ0v) is 15.1. The molecule has 7 heteroatoms. The zero-order chi connectivity index (χ0) is 18.6. The van der Waals surface area contributed by atoms with E-state index in [-0.39, 0.29) is 24.2 Å². The minimum Gasteiger partial charge on any atom is -0.477 e. The highest BCUT2D eigenvalue weighted by Crippen LogP contribution is 2.29. The highest BCUT2D eigenvalue weighted by Gasteiger charge is 2.34. The van der Waals surface area contributed by atoms with Gasteiger partial charge in [-0.25, -0.2) is 4.98 Å². The molecule has 2 amide bonds. The summed E-state index contributed by atoms with van der Waals surface area (Å²) in [4.78, 5) is 30.5. The van der Waals surface area contributed by atoms with E-state index in [0.717, 1.165) is 17.9 Å². The first-order valence-electron chi connectivity index (χ1n) is 9.33. The molecule has 2 aromatic rings. The third kappa shape index (κ3) is 4.67. The lowest BCUT2D eigenvalue weighted by atomic mass is 10.1. The van der Waals surface area contributed by atoms with E-state index >= 15 is 0 Å². The van der Waals surface area contributed by atoms with Gasteiger partial charge in [0.25, 0.3) is 0 Å². The van der Waals surface area contributed by atoms with Gasteiger partial charge in [0, 0.05) is 31.8 Å².